The van der Waals surface area contributed by atoms with Gasteiger partial charge in [0.2, 0.25) is 0 Å². The van der Waals surface area contributed by atoms with E-state index in [0.29, 0.717) is 60.1 Å². The van der Waals surface area contributed by atoms with Crippen LogP contribution < -0.4 is 16.4 Å². The van der Waals surface area contributed by atoms with Gasteiger partial charge in [-0.2, -0.15) is 0 Å². The number of carbonyl (C=O) groups is 1. The number of morpholine rings is 1. The molecule has 0 saturated carbocycles. The minimum atomic E-state index is -2.99. The standard InChI is InChI=1S/C24H27F3N6O2/c1-12(15-8-14(28)9-18(21(15)25)22(26)27)30-23-16-10-19(29-3)17(11-20(16)31-13(2)32-23)24(34)33-4-6-35-7-5-33/h8-12,22,29H,4-7,28H2,1-3H3,(H,30,31,32)/t12-/m1/s1. The number of nitrogens with zero attached hydrogens (tertiary/aromatic N) is 3. The van der Waals surface area contributed by atoms with Gasteiger partial charge in [-0.05, 0) is 38.1 Å². The fraction of sp³-hybridized carbons (Fsp3) is 0.375. The molecule has 0 bridgehead atoms. The Bertz CT molecular complexity index is 1260. The van der Waals surface area contributed by atoms with E-state index in [1.54, 1.807) is 37.9 Å². The molecule has 2 aromatic carbocycles. The number of nitrogen functional groups attached to an aromatic ring is 1. The monoisotopic (exact) mass is 488 g/mol. The topological polar surface area (TPSA) is 105 Å². The number of rotatable bonds is 6. The number of anilines is 3. The molecule has 11 heteroatoms. The summed E-state index contributed by atoms with van der Waals surface area (Å²) in [5.74, 6) is -0.351. The summed E-state index contributed by atoms with van der Waals surface area (Å²) >= 11 is 0. The van der Waals surface area contributed by atoms with Crippen molar-refractivity contribution in [3.8, 4) is 0 Å². The Hall–Kier alpha value is -3.60. The highest BCUT2D eigenvalue weighted by molar-refractivity contribution is 6.05. The second kappa shape index (κ2) is 9.95. The highest BCUT2D eigenvalue weighted by Gasteiger charge is 2.24. The number of aryl methyl sites for hydroxylation is 1. The third kappa shape index (κ3) is 4.95. The van der Waals surface area contributed by atoms with Gasteiger partial charge in [0.25, 0.3) is 12.3 Å². The number of alkyl halides is 2. The van der Waals surface area contributed by atoms with E-state index in [-0.39, 0.29) is 17.2 Å². The zero-order valence-electron chi connectivity index (χ0n) is 19.7. The molecule has 0 aliphatic carbocycles. The summed E-state index contributed by atoms with van der Waals surface area (Å²) in [6, 6.07) is 4.97. The predicted octanol–water partition coefficient (Wildman–Crippen LogP) is 4.28. The smallest absolute Gasteiger partial charge is 0.266 e. The lowest BCUT2D eigenvalue weighted by molar-refractivity contribution is 0.0303. The van der Waals surface area contributed by atoms with Gasteiger partial charge in [-0.15, -0.1) is 0 Å². The molecule has 1 aromatic heterocycles. The van der Waals surface area contributed by atoms with E-state index >= 15 is 0 Å². The Kier molecular flexibility index (Phi) is 6.97. The number of carbonyl (C=O) groups excluding carboxylic acids is 1. The fourth-order valence-electron chi connectivity index (χ4n) is 4.17. The van der Waals surface area contributed by atoms with Crippen molar-refractivity contribution in [1.29, 1.82) is 0 Å². The van der Waals surface area contributed by atoms with Crippen molar-refractivity contribution in [2.75, 3.05) is 49.7 Å². The molecule has 1 aliphatic rings. The predicted molar refractivity (Wildman–Crippen MR) is 128 cm³/mol. The average Bonchev–Trinajstić information content (AvgIpc) is 2.84. The van der Waals surface area contributed by atoms with Gasteiger partial charge in [0, 0.05) is 42.5 Å². The van der Waals surface area contributed by atoms with Gasteiger partial charge in [-0.25, -0.2) is 23.1 Å². The van der Waals surface area contributed by atoms with Crippen LogP contribution in [-0.4, -0.2) is 54.1 Å². The second-order valence-corrected chi connectivity index (χ2v) is 8.37. The molecular formula is C24H27F3N6O2. The van der Waals surface area contributed by atoms with Crippen LogP contribution in [0, 0.1) is 12.7 Å². The van der Waals surface area contributed by atoms with Crippen LogP contribution in [0.15, 0.2) is 24.3 Å². The van der Waals surface area contributed by atoms with E-state index < -0.39 is 23.8 Å². The molecule has 1 aliphatic heterocycles. The average molecular weight is 489 g/mol. The number of hydrogen-bond acceptors (Lipinski definition) is 7. The zero-order valence-corrected chi connectivity index (χ0v) is 19.7. The maximum atomic E-state index is 14.8. The summed E-state index contributed by atoms with van der Waals surface area (Å²) in [6.07, 6.45) is -2.99. The Morgan fingerprint density at radius 2 is 1.83 bits per heavy atom. The van der Waals surface area contributed by atoms with Gasteiger partial charge in [-0.1, -0.05) is 0 Å². The van der Waals surface area contributed by atoms with Crippen LogP contribution in [-0.2, 0) is 4.74 Å². The van der Waals surface area contributed by atoms with Gasteiger partial charge >= 0.3 is 0 Å². The number of nitrogens with one attached hydrogen (secondary N) is 2. The summed E-state index contributed by atoms with van der Waals surface area (Å²) in [4.78, 5) is 23.8. The lowest BCUT2D eigenvalue weighted by atomic mass is 10.0. The van der Waals surface area contributed by atoms with Gasteiger partial charge in [-0.3, -0.25) is 4.79 Å². The van der Waals surface area contributed by atoms with Crippen LogP contribution >= 0.6 is 0 Å². The fourth-order valence-corrected chi connectivity index (χ4v) is 4.17. The molecule has 0 radical (unpaired) electrons. The summed E-state index contributed by atoms with van der Waals surface area (Å²) in [5, 5.41) is 6.74. The molecule has 186 valence electrons. The van der Waals surface area contributed by atoms with Crippen LogP contribution in [0.2, 0.25) is 0 Å². The minimum absolute atomic E-state index is 0.00216. The second-order valence-electron chi connectivity index (χ2n) is 8.37. The molecule has 35 heavy (non-hydrogen) atoms. The number of aromatic nitrogens is 2. The molecule has 0 unspecified atom stereocenters. The third-order valence-corrected chi connectivity index (χ3v) is 5.95. The summed E-state index contributed by atoms with van der Waals surface area (Å²) in [5.41, 5.74) is 6.59. The summed E-state index contributed by atoms with van der Waals surface area (Å²) < 4.78 is 46.7. The Labute approximate surface area is 200 Å². The number of hydrogen-bond donors (Lipinski definition) is 3. The molecule has 4 N–H and O–H groups in total. The lowest BCUT2D eigenvalue weighted by Gasteiger charge is -2.27. The van der Waals surface area contributed by atoms with Gasteiger partial charge < -0.3 is 26.0 Å². The van der Waals surface area contributed by atoms with Crippen LogP contribution in [0.3, 0.4) is 0 Å². The van der Waals surface area contributed by atoms with E-state index in [2.05, 4.69) is 20.6 Å². The van der Waals surface area contributed by atoms with E-state index in [1.807, 2.05) is 0 Å². The Balaban J connectivity index is 1.74. The largest absolute Gasteiger partial charge is 0.399 e. The zero-order chi connectivity index (χ0) is 25.3. The molecule has 0 spiro atoms. The summed E-state index contributed by atoms with van der Waals surface area (Å²) in [6.45, 7) is 5.29. The van der Waals surface area contributed by atoms with Crippen LogP contribution in [0.25, 0.3) is 10.9 Å². The van der Waals surface area contributed by atoms with Crippen LogP contribution in [0.4, 0.5) is 30.4 Å². The Morgan fingerprint density at radius 3 is 2.49 bits per heavy atom. The van der Waals surface area contributed by atoms with Crippen molar-refractivity contribution in [2.45, 2.75) is 26.3 Å². The minimum Gasteiger partial charge on any atom is -0.399 e. The number of fused-ring (bicyclic) bond motifs is 1. The molecule has 1 atom stereocenters. The maximum Gasteiger partial charge on any atom is 0.266 e. The highest BCUT2D eigenvalue weighted by Crippen LogP contribution is 2.34. The van der Waals surface area contributed by atoms with E-state index in [4.69, 9.17) is 10.5 Å². The molecule has 8 nitrogen and oxygen atoms in total. The van der Waals surface area contributed by atoms with Crippen molar-refractivity contribution in [1.82, 2.24) is 14.9 Å². The van der Waals surface area contributed by atoms with Crippen molar-refractivity contribution in [3.63, 3.8) is 0 Å². The first kappa shape index (κ1) is 24.5. The number of benzene rings is 2. The van der Waals surface area contributed by atoms with Crippen molar-refractivity contribution in [2.24, 2.45) is 0 Å². The van der Waals surface area contributed by atoms with E-state index in [9.17, 15) is 18.0 Å². The molecule has 1 saturated heterocycles. The van der Waals surface area contributed by atoms with Crippen molar-refractivity contribution < 1.29 is 22.7 Å². The van der Waals surface area contributed by atoms with Gasteiger partial charge in [0.1, 0.15) is 17.5 Å². The molecular weight excluding hydrogens is 461 g/mol. The van der Waals surface area contributed by atoms with Crippen molar-refractivity contribution in [3.05, 3.63) is 52.6 Å². The van der Waals surface area contributed by atoms with Gasteiger partial charge in [0.15, 0.2) is 0 Å². The van der Waals surface area contributed by atoms with E-state index in [0.717, 1.165) is 6.07 Å². The maximum absolute atomic E-state index is 14.8. The first-order valence-corrected chi connectivity index (χ1v) is 11.2. The Morgan fingerprint density at radius 1 is 1.14 bits per heavy atom. The normalized spacial score (nSPS) is 14.9. The van der Waals surface area contributed by atoms with Crippen LogP contribution in [0.1, 0.15) is 46.7 Å². The SMILES string of the molecule is CNc1cc2c(N[C@H](C)c3cc(N)cc(C(F)F)c3F)nc(C)nc2cc1C(=O)N1CCOCC1. The molecule has 2 heterocycles. The summed E-state index contributed by atoms with van der Waals surface area (Å²) in [7, 11) is 1.70. The lowest BCUT2D eigenvalue weighted by Crippen LogP contribution is -2.40. The molecule has 4 rings (SSSR count). The number of halogens is 3. The number of nitrogens with two attached hydrogens (primary N) is 1. The van der Waals surface area contributed by atoms with Gasteiger partial charge in [0.05, 0.1) is 35.9 Å². The molecule has 3 aromatic rings. The first-order valence-electron chi connectivity index (χ1n) is 11.2. The number of ether oxygens (including phenoxy) is 1. The highest BCUT2D eigenvalue weighted by atomic mass is 19.3. The van der Waals surface area contributed by atoms with E-state index in [1.165, 1.54) is 6.07 Å². The van der Waals surface area contributed by atoms with Crippen molar-refractivity contribution >= 4 is 34.0 Å². The molecule has 1 fully saturated rings. The molecule has 1 amide bonds. The first-order chi connectivity index (χ1) is 16.7. The number of amides is 1. The third-order valence-electron chi connectivity index (χ3n) is 5.95. The van der Waals surface area contributed by atoms with Crippen LogP contribution in [0.5, 0.6) is 0 Å². The quantitative estimate of drug-likeness (QED) is 0.445.